The van der Waals surface area contributed by atoms with Gasteiger partial charge < -0.3 is 9.30 Å². The third-order valence-corrected chi connectivity index (χ3v) is 4.57. The second-order valence-corrected chi connectivity index (χ2v) is 6.73. The van der Waals surface area contributed by atoms with Crippen molar-refractivity contribution in [2.45, 2.75) is 19.4 Å². The molecule has 0 amide bonds. The van der Waals surface area contributed by atoms with Gasteiger partial charge in [-0.15, -0.1) is 0 Å². The molecule has 0 N–H and O–H groups in total. The summed E-state index contributed by atoms with van der Waals surface area (Å²) in [5.41, 5.74) is 0.970. The number of nitro benzene ring substituents is 1. The highest BCUT2D eigenvalue weighted by Crippen LogP contribution is 2.37. The van der Waals surface area contributed by atoms with Crippen molar-refractivity contribution in [1.29, 1.82) is 0 Å². The third-order valence-electron chi connectivity index (χ3n) is 4.57. The molecule has 0 atom stereocenters. The van der Waals surface area contributed by atoms with Gasteiger partial charge in [-0.1, -0.05) is 6.07 Å². The Kier molecular flexibility index (Phi) is 3.03. The van der Waals surface area contributed by atoms with Crippen molar-refractivity contribution in [2.75, 3.05) is 0 Å². The van der Waals surface area contributed by atoms with Crippen LogP contribution in [0.25, 0.3) is 27.9 Å². The molecule has 3 aromatic rings. The average Bonchev–Trinajstić information content (AvgIpc) is 2.57. The molecule has 25 heavy (non-hydrogen) atoms. The fourth-order valence-corrected chi connectivity index (χ4v) is 3.46. The molecule has 0 saturated carbocycles. The molecule has 0 fully saturated rings. The number of fused-ring (bicyclic) bond motifs is 4. The lowest BCUT2D eigenvalue weighted by Gasteiger charge is -2.28. The maximum absolute atomic E-state index is 12.9. The van der Waals surface area contributed by atoms with Crippen molar-refractivity contribution in [3.05, 3.63) is 62.3 Å². The van der Waals surface area contributed by atoms with E-state index >= 15 is 0 Å². The van der Waals surface area contributed by atoms with Crippen LogP contribution >= 0.6 is 0 Å². The Bertz CT molecular complexity index is 1160. The van der Waals surface area contributed by atoms with E-state index in [1.807, 2.05) is 26.0 Å². The minimum absolute atomic E-state index is 0.0855. The van der Waals surface area contributed by atoms with Gasteiger partial charge in [0.25, 0.3) is 5.69 Å². The molecule has 0 unspecified atom stereocenters. The topological polar surface area (TPSA) is 74.4 Å². The first-order valence-corrected chi connectivity index (χ1v) is 7.91. The fraction of sp³-hybridized carbons (Fsp3) is 0.211. The highest BCUT2D eigenvalue weighted by Gasteiger charge is 2.26. The Balaban J connectivity index is 2.23. The highest BCUT2D eigenvalue weighted by molar-refractivity contribution is 6.01. The lowest BCUT2D eigenvalue weighted by molar-refractivity contribution is -0.383. The summed E-state index contributed by atoms with van der Waals surface area (Å²) < 4.78 is 7.69. The Morgan fingerprint density at radius 2 is 1.84 bits per heavy atom. The summed E-state index contributed by atoms with van der Waals surface area (Å²) in [5, 5.41) is 12.3. The van der Waals surface area contributed by atoms with Gasteiger partial charge in [-0.05, 0) is 44.2 Å². The van der Waals surface area contributed by atoms with Crippen LogP contribution in [0.2, 0.25) is 0 Å². The number of benzene rings is 2. The Hall–Kier alpha value is -3.15. The third kappa shape index (κ3) is 2.14. The summed E-state index contributed by atoms with van der Waals surface area (Å²) in [7, 11) is 1.74. The molecule has 0 aliphatic carbocycles. The van der Waals surface area contributed by atoms with Gasteiger partial charge in [-0.25, -0.2) is 0 Å². The largest absolute Gasteiger partial charge is 0.483 e. The predicted octanol–water partition coefficient (Wildman–Crippen LogP) is 3.78. The van der Waals surface area contributed by atoms with E-state index in [2.05, 4.69) is 0 Å². The maximum atomic E-state index is 12.9. The molecule has 0 bridgehead atoms. The van der Waals surface area contributed by atoms with E-state index in [1.165, 1.54) is 12.1 Å². The summed E-state index contributed by atoms with van der Waals surface area (Å²) >= 11 is 0. The number of aromatic nitrogens is 1. The first-order chi connectivity index (χ1) is 11.8. The number of aryl methyl sites for hydroxylation is 1. The van der Waals surface area contributed by atoms with Gasteiger partial charge in [0.05, 0.1) is 15.8 Å². The van der Waals surface area contributed by atoms with E-state index in [0.29, 0.717) is 27.6 Å². The van der Waals surface area contributed by atoms with Crippen LogP contribution in [-0.4, -0.2) is 15.1 Å². The number of para-hydroxylation sites is 1. The first-order valence-electron chi connectivity index (χ1n) is 7.91. The lowest BCUT2D eigenvalue weighted by atomic mass is 9.98. The zero-order valence-corrected chi connectivity index (χ0v) is 14.1. The number of rotatable bonds is 1. The number of ether oxygens (including phenoxy) is 1. The molecule has 2 heterocycles. The quantitative estimate of drug-likeness (QED) is 0.385. The number of non-ortho nitro benzene ring substituents is 1. The van der Waals surface area contributed by atoms with Crippen molar-refractivity contribution >= 4 is 33.6 Å². The zero-order chi connectivity index (χ0) is 17.9. The van der Waals surface area contributed by atoms with Gasteiger partial charge in [0, 0.05) is 24.1 Å². The molecule has 0 radical (unpaired) electrons. The van der Waals surface area contributed by atoms with Crippen LogP contribution in [-0.2, 0) is 7.05 Å². The minimum Gasteiger partial charge on any atom is -0.483 e. The van der Waals surface area contributed by atoms with Crippen LogP contribution in [0, 0.1) is 10.1 Å². The van der Waals surface area contributed by atoms with Gasteiger partial charge >= 0.3 is 0 Å². The second-order valence-electron chi connectivity index (χ2n) is 6.73. The molecular weight excluding hydrogens is 320 g/mol. The maximum Gasteiger partial charge on any atom is 0.293 e. The average molecular weight is 336 g/mol. The Morgan fingerprint density at radius 3 is 2.56 bits per heavy atom. The van der Waals surface area contributed by atoms with Crippen molar-refractivity contribution in [3.63, 3.8) is 0 Å². The summed E-state index contributed by atoms with van der Waals surface area (Å²) in [6.07, 6.45) is 3.84. The summed E-state index contributed by atoms with van der Waals surface area (Å²) in [6.45, 7) is 3.89. The van der Waals surface area contributed by atoms with Gasteiger partial charge in [-0.3, -0.25) is 14.9 Å². The van der Waals surface area contributed by atoms with Gasteiger partial charge in [0.1, 0.15) is 16.9 Å². The molecule has 1 aliphatic rings. The van der Waals surface area contributed by atoms with E-state index in [0.717, 1.165) is 5.56 Å². The van der Waals surface area contributed by atoms with E-state index in [4.69, 9.17) is 4.74 Å². The number of hydrogen-bond acceptors (Lipinski definition) is 4. The van der Waals surface area contributed by atoms with Crippen LogP contribution in [0.15, 0.2) is 41.2 Å². The normalized spacial score (nSPS) is 15.2. The molecule has 6 nitrogen and oxygen atoms in total. The summed E-state index contributed by atoms with van der Waals surface area (Å²) in [5.74, 6) is 0.660. The summed E-state index contributed by atoms with van der Waals surface area (Å²) in [6, 6.07) is 8.09. The van der Waals surface area contributed by atoms with E-state index < -0.39 is 10.5 Å². The van der Waals surface area contributed by atoms with E-state index in [9.17, 15) is 14.9 Å². The van der Waals surface area contributed by atoms with Crippen molar-refractivity contribution in [3.8, 4) is 5.75 Å². The standard InChI is InChI=1S/C19H16N2O4/c1-19(2)10-9-11-15(25-19)8-7-13-16(11)20(3)17-12(18(13)22)5-4-6-14(17)21(23)24/h4-10H,1-3H3. The van der Waals surface area contributed by atoms with Gasteiger partial charge in [0.15, 0.2) is 5.43 Å². The van der Waals surface area contributed by atoms with Crippen LogP contribution in [0.1, 0.15) is 19.4 Å². The van der Waals surface area contributed by atoms with Crippen molar-refractivity contribution in [1.82, 2.24) is 4.57 Å². The summed E-state index contributed by atoms with van der Waals surface area (Å²) in [4.78, 5) is 23.9. The van der Waals surface area contributed by atoms with Crippen LogP contribution in [0.5, 0.6) is 5.75 Å². The monoisotopic (exact) mass is 336 g/mol. The van der Waals surface area contributed by atoms with E-state index in [1.54, 1.807) is 29.8 Å². The molecule has 4 rings (SSSR count). The number of nitro groups is 1. The van der Waals surface area contributed by atoms with Crippen molar-refractivity contribution < 1.29 is 9.66 Å². The molecular formula is C19H16N2O4. The fourth-order valence-electron chi connectivity index (χ4n) is 3.46. The molecule has 126 valence electrons. The molecule has 0 spiro atoms. The molecule has 6 heteroatoms. The van der Waals surface area contributed by atoms with Crippen LogP contribution < -0.4 is 10.2 Å². The van der Waals surface area contributed by atoms with Crippen LogP contribution in [0.3, 0.4) is 0 Å². The zero-order valence-electron chi connectivity index (χ0n) is 14.1. The SMILES string of the molecule is Cn1c2c([N+](=O)[O-])cccc2c(=O)c2ccc3c(c21)C=CC(C)(C)O3. The number of nitrogens with zero attached hydrogens (tertiary/aromatic N) is 2. The first kappa shape index (κ1) is 15.4. The Labute approximate surface area is 143 Å². The minimum atomic E-state index is -0.460. The molecule has 0 saturated heterocycles. The molecule has 2 aromatic carbocycles. The van der Waals surface area contributed by atoms with E-state index in [-0.39, 0.29) is 11.1 Å². The Morgan fingerprint density at radius 1 is 1.12 bits per heavy atom. The second kappa shape index (κ2) is 4.92. The van der Waals surface area contributed by atoms with Crippen LogP contribution in [0.4, 0.5) is 5.69 Å². The highest BCUT2D eigenvalue weighted by atomic mass is 16.6. The number of pyridine rings is 1. The number of hydrogen-bond donors (Lipinski definition) is 0. The van der Waals surface area contributed by atoms with Crippen molar-refractivity contribution in [2.24, 2.45) is 7.05 Å². The molecule has 1 aliphatic heterocycles. The smallest absolute Gasteiger partial charge is 0.293 e. The molecule has 1 aromatic heterocycles. The lowest BCUT2D eigenvalue weighted by Crippen LogP contribution is -2.28. The van der Waals surface area contributed by atoms with Gasteiger partial charge in [0.2, 0.25) is 0 Å². The predicted molar refractivity (Wildman–Crippen MR) is 97.1 cm³/mol. The van der Waals surface area contributed by atoms with Gasteiger partial charge in [-0.2, -0.15) is 0 Å².